The summed E-state index contributed by atoms with van der Waals surface area (Å²) in [6.45, 7) is 8.76. The van der Waals surface area contributed by atoms with E-state index in [9.17, 15) is 0 Å². The van der Waals surface area contributed by atoms with Gasteiger partial charge < -0.3 is 0 Å². The topological polar surface area (TPSA) is 0 Å². The predicted molar refractivity (Wildman–Crippen MR) is 241 cm³/mol. The third-order valence-corrected chi connectivity index (χ3v) is 13.4. The maximum atomic E-state index is 4.39. The number of hydrogen-bond donors (Lipinski definition) is 0. The summed E-state index contributed by atoms with van der Waals surface area (Å²) in [5.41, 5.74) is 11.0. The highest BCUT2D eigenvalue weighted by Crippen LogP contribution is 2.45. The van der Waals surface area contributed by atoms with E-state index in [-0.39, 0.29) is 0 Å². The van der Waals surface area contributed by atoms with Crippen LogP contribution in [-0.2, 0) is 6.42 Å². The molecule has 0 saturated heterocycles. The minimum atomic E-state index is 1.02. The molecule has 258 valence electrons. The van der Waals surface area contributed by atoms with E-state index in [4.69, 9.17) is 0 Å². The van der Waals surface area contributed by atoms with Gasteiger partial charge in [0.1, 0.15) is 0 Å². The standard InChI is InChI=1S/C52H38S2/c1-3-39-40(4-2)49(38-27-26-33-15-5-6-16-35(33)32-38)42-21-8-7-20-41(42)48(39)37-18-13-17-36(31-37)34-19-14-30-53-51-44-23-10-9-22-43(44)50-45-24-11-12-25-47(45)54-52(50)46(51)29-28-34/h3-6,9-10,12-23,25-32H,1-2,7-8,11,24H2. The summed E-state index contributed by atoms with van der Waals surface area (Å²) in [5, 5.41) is 12.8. The van der Waals surface area contributed by atoms with E-state index >= 15 is 0 Å². The van der Waals surface area contributed by atoms with Crippen LogP contribution in [0.25, 0.3) is 105 Å². The summed E-state index contributed by atoms with van der Waals surface area (Å²) in [4.78, 5) is 1.41. The van der Waals surface area contributed by atoms with Gasteiger partial charge in [0.05, 0.1) is 0 Å². The molecule has 10 rings (SSSR count). The maximum Gasteiger partial charge on any atom is 0.0445 e. The summed E-state index contributed by atoms with van der Waals surface area (Å²) in [7, 11) is 0. The van der Waals surface area contributed by atoms with Crippen molar-refractivity contribution in [2.75, 3.05) is 0 Å². The van der Waals surface area contributed by atoms with Gasteiger partial charge in [-0.1, -0.05) is 147 Å². The van der Waals surface area contributed by atoms with Crippen LogP contribution >= 0.6 is 22.7 Å². The van der Waals surface area contributed by atoms with Crippen LogP contribution in [0.15, 0.2) is 140 Å². The Morgan fingerprint density at radius 1 is 0.537 bits per heavy atom. The van der Waals surface area contributed by atoms with Crippen molar-refractivity contribution in [3.63, 3.8) is 0 Å². The molecule has 0 fully saturated rings. The minimum absolute atomic E-state index is 1.02. The van der Waals surface area contributed by atoms with Crippen molar-refractivity contribution in [2.24, 2.45) is 0 Å². The third-order valence-electron chi connectivity index (χ3n) is 11.2. The average Bonchev–Trinajstić information content (AvgIpc) is 3.66. The number of aryl methyl sites for hydroxylation is 1. The second kappa shape index (κ2) is 13.6. The first-order valence-corrected chi connectivity index (χ1v) is 20.5. The van der Waals surface area contributed by atoms with E-state index in [1.807, 2.05) is 34.8 Å². The lowest BCUT2D eigenvalue weighted by atomic mass is 9.83. The van der Waals surface area contributed by atoms with E-state index in [2.05, 4.69) is 158 Å². The molecule has 6 aromatic carbocycles. The Labute approximate surface area is 324 Å². The van der Waals surface area contributed by atoms with Crippen LogP contribution in [0.5, 0.6) is 0 Å². The Balaban J connectivity index is 1.18. The number of thiophene rings is 1. The highest BCUT2D eigenvalue weighted by molar-refractivity contribution is 7.23. The summed E-state index contributed by atoms with van der Waals surface area (Å²) >= 11 is 3.78. The normalized spacial score (nSPS) is 13.3. The fourth-order valence-electron chi connectivity index (χ4n) is 8.81. The van der Waals surface area contributed by atoms with Crippen LogP contribution < -0.4 is 10.4 Å². The first kappa shape index (κ1) is 32.8. The Kier molecular flexibility index (Phi) is 8.24. The van der Waals surface area contributed by atoms with Crippen LogP contribution in [0.4, 0.5) is 0 Å². The van der Waals surface area contributed by atoms with Crippen molar-refractivity contribution in [3.8, 4) is 33.4 Å². The van der Waals surface area contributed by atoms with Gasteiger partial charge in [-0.25, -0.2) is 0 Å². The van der Waals surface area contributed by atoms with Crippen LogP contribution in [0, 0.1) is 0 Å². The second-order valence-electron chi connectivity index (χ2n) is 14.2. The predicted octanol–water partition coefficient (Wildman–Crippen LogP) is 14.1. The zero-order valence-electron chi connectivity index (χ0n) is 30.1. The molecule has 0 spiro atoms. The van der Waals surface area contributed by atoms with Crippen molar-refractivity contribution in [3.05, 3.63) is 172 Å². The summed E-state index contributed by atoms with van der Waals surface area (Å²) < 4.78 is 2.72. The molecule has 2 heteroatoms. The third kappa shape index (κ3) is 5.32. The van der Waals surface area contributed by atoms with E-state index in [1.165, 1.54) is 96.0 Å². The van der Waals surface area contributed by atoms with Crippen molar-refractivity contribution >= 4 is 94.8 Å². The number of hydrogen-bond acceptors (Lipinski definition) is 2. The van der Waals surface area contributed by atoms with Gasteiger partial charge in [0, 0.05) is 30.4 Å². The molecule has 2 aliphatic rings. The molecular formula is C52H38S2. The first-order chi connectivity index (χ1) is 26.7. The highest BCUT2D eigenvalue weighted by atomic mass is 32.1. The molecule has 0 amide bonds. The second-order valence-corrected chi connectivity index (χ2v) is 16.2. The lowest BCUT2D eigenvalue weighted by molar-refractivity contribution is 1.01. The molecule has 0 N–H and O–H groups in total. The molecule has 0 unspecified atom stereocenters. The minimum Gasteiger partial charge on any atom is -0.143 e. The van der Waals surface area contributed by atoms with Gasteiger partial charge in [-0.3, -0.25) is 0 Å². The maximum absolute atomic E-state index is 4.39. The van der Waals surface area contributed by atoms with Crippen LogP contribution in [0.1, 0.15) is 40.8 Å². The Hall–Kier alpha value is -5.80. The molecule has 2 aromatic heterocycles. The zero-order chi connectivity index (χ0) is 36.2. The van der Waals surface area contributed by atoms with Gasteiger partial charge in [-0.05, 0) is 126 Å². The molecule has 2 heterocycles. The van der Waals surface area contributed by atoms with Gasteiger partial charge in [0.25, 0.3) is 0 Å². The monoisotopic (exact) mass is 726 g/mol. The Bertz CT molecular complexity index is 3090. The van der Waals surface area contributed by atoms with Gasteiger partial charge in [0.15, 0.2) is 0 Å². The van der Waals surface area contributed by atoms with Crippen molar-refractivity contribution < 1.29 is 0 Å². The number of benzene rings is 6. The molecule has 8 aromatic rings. The lowest BCUT2D eigenvalue weighted by Crippen LogP contribution is -2.33. The fraction of sp³-hybridized carbons (Fsp3) is 0.0769. The number of rotatable bonds is 5. The Morgan fingerprint density at radius 3 is 2.02 bits per heavy atom. The average molecular weight is 727 g/mol. The van der Waals surface area contributed by atoms with Crippen molar-refractivity contribution in [2.45, 2.75) is 25.7 Å². The van der Waals surface area contributed by atoms with Gasteiger partial charge in [-0.15, -0.1) is 22.7 Å². The molecule has 0 radical (unpaired) electrons. The van der Waals surface area contributed by atoms with Gasteiger partial charge >= 0.3 is 0 Å². The Morgan fingerprint density at radius 2 is 1.22 bits per heavy atom. The van der Waals surface area contributed by atoms with E-state index in [0.29, 0.717) is 0 Å². The van der Waals surface area contributed by atoms with Crippen LogP contribution in [0.3, 0.4) is 0 Å². The van der Waals surface area contributed by atoms with E-state index < -0.39 is 0 Å². The molecule has 0 saturated carbocycles. The summed E-state index contributed by atoms with van der Waals surface area (Å²) in [5.74, 6) is 0. The smallest absolute Gasteiger partial charge is 0.0445 e. The molecule has 0 bridgehead atoms. The zero-order valence-corrected chi connectivity index (χ0v) is 31.7. The highest BCUT2D eigenvalue weighted by Gasteiger charge is 2.20. The molecular weight excluding hydrogens is 689 g/mol. The van der Waals surface area contributed by atoms with Gasteiger partial charge in [-0.2, -0.15) is 0 Å². The number of fused-ring (bicyclic) bond motifs is 10. The lowest BCUT2D eigenvalue weighted by Gasteiger charge is -2.20. The SMILES string of the molecule is C=Cc1c(C=C)c(-c2ccc3ccccc3c2)c2c(c1-c1cccc(-c3cccsc4c5ccccc5c5c6c(sc5c4cc3)C=CCC6)c1)=CCCC=2. The summed E-state index contributed by atoms with van der Waals surface area (Å²) in [6.07, 6.45) is 17.8. The van der Waals surface area contributed by atoms with Crippen molar-refractivity contribution in [1.29, 1.82) is 0 Å². The largest absolute Gasteiger partial charge is 0.143 e. The summed E-state index contributed by atoms with van der Waals surface area (Å²) in [6, 6.07) is 42.7. The molecule has 54 heavy (non-hydrogen) atoms. The van der Waals surface area contributed by atoms with Crippen molar-refractivity contribution in [1.82, 2.24) is 0 Å². The molecule has 2 aliphatic carbocycles. The van der Waals surface area contributed by atoms with Gasteiger partial charge in [0.2, 0.25) is 0 Å². The fourth-order valence-corrected chi connectivity index (χ4v) is 11.1. The van der Waals surface area contributed by atoms with E-state index in [1.54, 1.807) is 0 Å². The molecule has 0 atom stereocenters. The quantitative estimate of drug-likeness (QED) is 0.166. The van der Waals surface area contributed by atoms with Crippen LogP contribution in [-0.4, -0.2) is 0 Å². The van der Waals surface area contributed by atoms with Crippen LogP contribution in [0.2, 0.25) is 0 Å². The first-order valence-electron chi connectivity index (χ1n) is 18.8. The van der Waals surface area contributed by atoms with E-state index in [0.717, 1.165) is 36.8 Å². The number of allylic oxidation sites excluding steroid dienone is 1. The molecule has 0 aliphatic heterocycles. The molecule has 0 nitrogen and oxygen atoms in total.